The third-order valence-corrected chi connectivity index (χ3v) is 6.92. The molecule has 6 heteroatoms. The zero-order valence-electron chi connectivity index (χ0n) is 14.6. The minimum absolute atomic E-state index is 0.0120. The summed E-state index contributed by atoms with van der Waals surface area (Å²) >= 11 is 0. The molecule has 3 saturated carbocycles. The Morgan fingerprint density at radius 3 is 2.46 bits per heavy atom. The molecule has 134 valence electrons. The Bertz CT molecular complexity index is 504. The van der Waals surface area contributed by atoms with Gasteiger partial charge in [0.05, 0.1) is 0 Å². The number of rotatable bonds is 3. The standard InChI is InChI=1S/C18H29N3O3/c1-24-11-17(22)20-5-7-21(8-6-20)18(23)19-16-10-12-9-15(16)14-4-2-3-13(12)14/h12-16H,2-11H2,1H3,(H,19,23)/t12-,13+,14-,15+,16-/m1/s1. The number of methoxy groups -OCH3 is 1. The number of carbonyl (C=O) groups is 2. The number of ether oxygens (including phenoxy) is 1. The van der Waals surface area contributed by atoms with Crippen LogP contribution >= 0.6 is 0 Å². The summed E-state index contributed by atoms with van der Waals surface area (Å²) in [5.41, 5.74) is 0. The predicted octanol–water partition coefficient (Wildman–Crippen LogP) is 1.31. The summed E-state index contributed by atoms with van der Waals surface area (Å²) in [5, 5.41) is 3.32. The van der Waals surface area contributed by atoms with Gasteiger partial charge < -0.3 is 19.9 Å². The summed E-state index contributed by atoms with van der Waals surface area (Å²) in [6, 6.07) is 0.455. The van der Waals surface area contributed by atoms with Crippen LogP contribution in [0.1, 0.15) is 32.1 Å². The second-order valence-electron chi connectivity index (χ2n) is 8.01. The van der Waals surface area contributed by atoms with Gasteiger partial charge in [0.2, 0.25) is 5.91 Å². The van der Waals surface area contributed by atoms with E-state index in [1.54, 1.807) is 4.90 Å². The summed E-state index contributed by atoms with van der Waals surface area (Å²) in [7, 11) is 1.53. The molecule has 3 amide bonds. The van der Waals surface area contributed by atoms with Gasteiger partial charge in [-0.3, -0.25) is 4.79 Å². The van der Waals surface area contributed by atoms with Crippen LogP contribution in [0, 0.1) is 23.7 Å². The van der Waals surface area contributed by atoms with Crippen LogP contribution in [-0.4, -0.2) is 67.7 Å². The highest BCUT2D eigenvalue weighted by Crippen LogP contribution is 2.58. The molecule has 2 bridgehead atoms. The van der Waals surface area contributed by atoms with Gasteiger partial charge >= 0.3 is 6.03 Å². The van der Waals surface area contributed by atoms with E-state index in [0.29, 0.717) is 32.2 Å². The first-order valence-corrected chi connectivity index (χ1v) is 9.49. The highest BCUT2D eigenvalue weighted by Gasteiger charge is 2.54. The van der Waals surface area contributed by atoms with Crippen LogP contribution in [0.3, 0.4) is 0 Å². The average Bonchev–Trinajstić information content (AvgIpc) is 3.28. The number of hydrogen-bond acceptors (Lipinski definition) is 3. The molecule has 1 N–H and O–H groups in total. The van der Waals surface area contributed by atoms with E-state index in [4.69, 9.17) is 4.74 Å². The van der Waals surface area contributed by atoms with Gasteiger partial charge in [0, 0.05) is 39.3 Å². The average molecular weight is 335 g/mol. The van der Waals surface area contributed by atoms with E-state index in [1.807, 2.05) is 4.90 Å². The number of amides is 3. The molecule has 0 aromatic heterocycles. The number of piperazine rings is 1. The van der Waals surface area contributed by atoms with Gasteiger partial charge in [-0.2, -0.15) is 0 Å². The fraction of sp³-hybridized carbons (Fsp3) is 0.889. The van der Waals surface area contributed by atoms with Gasteiger partial charge in [0.25, 0.3) is 0 Å². The molecule has 4 fully saturated rings. The second-order valence-corrected chi connectivity index (χ2v) is 8.01. The van der Waals surface area contributed by atoms with Gasteiger partial charge in [0.1, 0.15) is 6.61 Å². The zero-order chi connectivity index (χ0) is 16.7. The van der Waals surface area contributed by atoms with Crippen molar-refractivity contribution in [2.24, 2.45) is 23.7 Å². The largest absolute Gasteiger partial charge is 0.375 e. The molecule has 3 aliphatic carbocycles. The van der Waals surface area contributed by atoms with Gasteiger partial charge in [-0.1, -0.05) is 6.42 Å². The van der Waals surface area contributed by atoms with Crippen LogP contribution in [0.2, 0.25) is 0 Å². The quantitative estimate of drug-likeness (QED) is 0.846. The van der Waals surface area contributed by atoms with Crippen molar-refractivity contribution in [3.05, 3.63) is 0 Å². The number of nitrogens with one attached hydrogen (secondary N) is 1. The monoisotopic (exact) mass is 335 g/mol. The van der Waals surface area contributed by atoms with Crippen molar-refractivity contribution >= 4 is 11.9 Å². The molecule has 1 heterocycles. The molecule has 0 radical (unpaired) electrons. The molecule has 0 aromatic rings. The molecule has 0 spiro atoms. The van der Waals surface area contributed by atoms with Crippen molar-refractivity contribution in [1.82, 2.24) is 15.1 Å². The maximum absolute atomic E-state index is 12.6. The van der Waals surface area contributed by atoms with Gasteiger partial charge in [-0.15, -0.1) is 0 Å². The Morgan fingerprint density at radius 2 is 1.71 bits per heavy atom. The predicted molar refractivity (Wildman–Crippen MR) is 89.4 cm³/mol. The lowest BCUT2D eigenvalue weighted by molar-refractivity contribution is -0.136. The second kappa shape index (κ2) is 6.54. The maximum Gasteiger partial charge on any atom is 0.317 e. The molecule has 6 nitrogen and oxygen atoms in total. The topological polar surface area (TPSA) is 61.9 Å². The molecule has 24 heavy (non-hydrogen) atoms. The Hall–Kier alpha value is -1.30. The van der Waals surface area contributed by atoms with Crippen molar-refractivity contribution < 1.29 is 14.3 Å². The van der Waals surface area contributed by atoms with E-state index in [0.717, 1.165) is 23.7 Å². The molecule has 5 atom stereocenters. The summed E-state index contributed by atoms with van der Waals surface area (Å²) in [6.07, 6.45) is 6.70. The van der Waals surface area contributed by atoms with Crippen LogP contribution in [0.15, 0.2) is 0 Å². The van der Waals surface area contributed by atoms with E-state index < -0.39 is 0 Å². The van der Waals surface area contributed by atoms with Crippen LogP contribution in [0.4, 0.5) is 4.79 Å². The van der Waals surface area contributed by atoms with E-state index in [9.17, 15) is 9.59 Å². The Kier molecular flexibility index (Phi) is 4.41. The van der Waals surface area contributed by atoms with Crippen molar-refractivity contribution in [3.8, 4) is 0 Å². The third-order valence-electron chi connectivity index (χ3n) is 6.92. The van der Waals surface area contributed by atoms with Crippen molar-refractivity contribution in [1.29, 1.82) is 0 Å². The van der Waals surface area contributed by atoms with Gasteiger partial charge in [-0.25, -0.2) is 4.79 Å². The Labute approximate surface area is 143 Å². The number of urea groups is 1. The fourth-order valence-corrected chi connectivity index (χ4v) is 5.86. The molecule has 1 saturated heterocycles. The molecule has 0 aromatic carbocycles. The highest BCUT2D eigenvalue weighted by atomic mass is 16.5. The molecule has 4 rings (SSSR count). The van der Waals surface area contributed by atoms with Crippen molar-refractivity contribution in [3.63, 3.8) is 0 Å². The number of fused-ring (bicyclic) bond motifs is 5. The zero-order valence-corrected chi connectivity index (χ0v) is 14.6. The van der Waals surface area contributed by atoms with E-state index in [-0.39, 0.29) is 18.5 Å². The minimum atomic E-state index is 0.0120. The van der Waals surface area contributed by atoms with E-state index in [2.05, 4.69) is 5.32 Å². The summed E-state index contributed by atoms with van der Waals surface area (Å²) in [4.78, 5) is 28.1. The normalized spacial score (nSPS) is 37.6. The minimum Gasteiger partial charge on any atom is -0.375 e. The highest BCUT2D eigenvalue weighted by molar-refractivity contribution is 5.78. The van der Waals surface area contributed by atoms with Crippen molar-refractivity contribution in [2.75, 3.05) is 39.9 Å². The number of carbonyl (C=O) groups excluding carboxylic acids is 2. The first-order chi connectivity index (χ1) is 11.7. The van der Waals surface area contributed by atoms with Crippen LogP contribution in [0.5, 0.6) is 0 Å². The van der Waals surface area contributed by atoms with Crippen LogP contribution < -0.4 is 5.32 Å². The van der Waals surface area contributed by atoms with E-state index >= 15 is 0 Å². The van der Waals surface area contributed by atoms with Crippen LogP contribution in [0.25, 0.3) is 0 Å². The van der Waals surface area contributed by atoms with Gasteiger partial charge in [0.15, 0.2) is 0 Å². The lowest BCUT2D eigenvalue weighted by atomic mass is 9.79. The lowest BCUT2D eigenvalue weighted by Crippen LogP contribution is -2.56. The molecule has 1 aliphatic heterocycles. The van der Waals surface area contributed by atoms with Gasteiger partial charge in [-0.05, 0) is 49.4 Å². The van der Waals surface area contributed by atoms with E-state index in [1.165, 1.54) is 39.2 Å². The SMILES string of the molecule is COCC(=O)N1CCN(C(=O)N[C@@H]2C[C@H]3C[C@H]2[C@@H]2CCC[C@@H]32)CC1. The molecular formula is C18H29N3O3. The first kappa shape index (κ1) is 16.2. The molecule has 0 unspecified atom stereocenters. The molecule has 4 aliphatic rings. The smallest absolute Gasteiger partial charge is 0.317 e. The summed E-state index contributed by atoms with van der Waals surface area (Å²) in [5.74, 6) is 3.42. The number of hydrogen-bond donors (Lipinski definition) is 1. The Morgan fingerprint density at radius 1 is 1.00 bits per heavy atom. The lowest BCUT2D eigenvalue weighted by Gasteiger charge is -2.37. The number of nitrogens with zero attached hydrogens (tertiary/aromatic N) is 2. The molecular weight excluding hydrogens is 306 g/mol. The first-order valence-electron chi connectivity index (χ1n) is 9.49. The summed E-state index contributed by atoms with van der Waals surface area (Å²) in [6.45, 7) is 2.58. The Balaban J connectivity index is 1.27. The third kappa shape index (κ3) is 2.79. The summed E-state index contributed by atoms with van der Waals surface area (Å²) < 4.78 is 4.90. The maximum atomic E-state index is 12.6. The van der Waals surface area contributed by atoms with Crippen LogP contribution in [-0.2, 0) is 9.53 Å². The van der Waals surface area contributed by atoms with Crippen molar-refractivity contribution in [2.45, 2.75) is 38.1 Å². The fourth-order valence-electron chi connectivity index (χ4n) is 5.86.